The van der Waals surface area contributed by atoms with Crippen LogP contribution < -0.4 is 0 Å². The summed E-state index contributed by atoms with van der Waals surface area (Å²) in [7, 11) is 0. The van der Waals surface area contributed by atoms with Crippen LogP contribution in [0.2, 0.25) is 0 Å². The van der Waals surface area contributed by atoms with Gasteiger partial charge in [-0.15, -0.1) is 0 Å². The molecule has 0 N–H and O–H groups in total. The summed E-state index contributed by atoms with van der Waals surface area (Å²) in [6.45, 7) is 4.26. The lowest BCUT2D eigenvalue weighted by atomic mass is 9.99. The highest BCUT2D eigenvalue weighted by Crippen LogP contribution is 2.22. The zero-order valence-electron chi connectivity index (χ0n) is 11.6. The van der Waals surface area contributed by atoms with Gasteiger partial charge in [0.25, 0.3) is 0 Å². The maximum atomic E-state index is 12.4. The number of likely N-dealkylation sites (tertiary alicyclic amines) is 1. The molecule has 1 aromatic rings. The van der Waals surface area contributed by atoms with E-state index in [-0.39, 0.29) is 23.7 Å². The summed E-state index contributed by atoms with van der Waals surface area (Å²) in [6, 6.07) is 9.83. The van der Waals surface area contributed by atoms with Crippen molar-refractivity contribution < 1.29 is 9.59 Å². The summed E-state index contributed by atoms with van der Waals surface area (Å²) in [5, 5.41) is 0. The van der Waals surface area contributed by atoms with Gasteiger partial charge in [0.15, 0.2) is 5.78 Å². The summed E-state index contributed by atoms with van der Waals surface area (Å²) in [4.78, 5) is 25.8. The summed E-state index contributed by atoms with van der Waals surface area (Å²) in [5.74, 6) is 0.154. The number of hydrogen-bond donors (Lipinski definition) is 0. The molecule has 0 bridgehead atoms. The standard InChI is InChI=1S/C16H21NO2/c1-12(11-14-7-4-3-5-8-14)16(19)17-10-6-9-15(17)13(2)18/h3-5,7-8,12,15H,6,9-11H2,1-2H3. The molecule has 1 amide bonds. The van der Waals surface area contributed by atoms with Crippen molar-refractivity contribution >= 4 is 11.7 Å². The molecule has 1 aliphatic heterocycles. The van der Waals surface area contributed by atoms with Crippen LogP contribution in [0.25, 0.3) is 0 Å². The maximum Gasteiger partial charge on any atom is 0.226 e. The van der Waals surface area contributed by atoms with E-state index in [1.165, 1.54) is 5.56 Å². The van der Waals surface area contributed by atoms with Crippen LogP contribution in [0.1, 0.15) is 32.3 Å². The average Bonchev–Trinajstić information content (AvgIpc) is 2.88. The fraction of sp³-hybridized carbons (Fsp3) is 0.500. The normalized spacial score (nSPS) is 20.3. The molecule has 1 fully saturated rings. The van der Waals surface area contributed by atoms with Crippen molar-refractivity contribution in [2.75, 3.05) is 6.54 Å². The first-order chi connectivity index (χ1) is 9.09. The molecule has 2 unspecified atom stereocenters. The Balaban J connectivity index is 2.01. The molecule has 0 saturated carbocycles. The number of benzene rings is 1. The van der Waals surface area contributed by atoms with Crippen LogP contribution in [-0.4, -0.2) is 29.2 Å². The molecule has 1 heterocycles. The van der Waals surface area contributed by atoms with Crippen LogP contribution in [-0.2, 0) is 16.0 Å². The lowest BCUT2D eigenvalue weighted by Gasteiger charge is -2.26. The Morgan fingerprint density at radius 1 is 1.32 bits per heavy atom. The van der Waals surface area contributed by atoms with Crippen LogP contribution in [0.3, 0.4) is 0 Å². The van der Waals surface area contributed by atoms with Gasteiger partial charge in [0, 0.05) is 12.5 Å². The van der Waals surface area contributed by atoms with Crippen molar-refractivity contribution in [2.24, 2.45) is 5.92 Å². The first-order valence-electron chi connectivity index (χ1n) is 6.94. The van der Waals surface area contributed by atoms with Crippen LogP contribution in [0.5, 0.6) is 0 Å². The van der Waals surface area contributed by atoms with E-state index in [0.29, 0.717) is 0 Å². The summed E-state index contributed by atoms with van der Waals surface area (Å²) in [6.07, 6.45) is 2.49. The molecule has 1 saturated heterocycles. The topological polar surface area (TPSA) is 37.4 Å². The van der Waals surface area contributed by atoms with Crippen molar-refractivity contribution in [1.29, 1.82) is 0 Å². The molecule has 2 atom stereocenters. The molecule has 0 radical (unpaired) electrons. The highest BCUT2D eigenvalue weighted by atomic mass is 16.2. The molecule has 0 aromatic heterocycles. The third kappa shape index (κ3) is 3.22. The highest BCUT2D eigenvalue weighted by molar-refractivity contribution is 5.88. The van der Waals surface area contributed by atoms with Crippen LogP contribution >= 0.6 is 0 Å². The fourth-order valence-corrected chi connectivity index (χ4v) is 2.79. The molecule has 3 nitrogen and oxygen atoms in total. The first-order valence-corrected chi connectivity index (χ1v) is 6.94. The Bertz CT molecular complexity index is 455. The number of nitrogens with zero attached hydrogens (tertiary/aromatic N) is 1. The van der Waals surface area contributed by atoms with Crippen molar-refractivity contribution in [1.82, 2.24) is 4.90 Å². The zero-order chi connectivity index (χ0) is 13.8. The third-order valence-corrected chi connectivity index (χ3v) is 3.81. The van der Waals surface area contributed by atoms with E-state index in [9.17, 15) is 9.59 Å². The van der Waals surface area contributed by atoms with Gasteiger partial charge in [0.05, 0.1) is 6.04 Å². The van der Waals surface area contributed by atoms with Gasteiger partial charge in [-0.25, -0.2) is 0 Å². The molecule has 2 rings (SSSR count). The molecule has 0 spiro atoms. The minimum atomic E-state index is -0.189. The molecule has 1 aliphatic rings. The fourth-order valence-electron chi connectivity index (χ4n) is 2.79. The molecular formula is C16H21NO2. The van der Waals surface area contributed by atoms with Crippen molar-refractivity contribution in [3.05, 3.63) is 35.9 Å². The minimum Gasteiger partial charge on any atom is -0.332 e. The molecule has 19 heavy (non-hydrogen) atoms. The Kier molecular flexibility index (Phi) is 4.35. The van der Waals surface area contributed by atoms with Gasteiger partial charge in [0.2, 0.25) is 5.91 Å². The van der Waals surface area contributed by atoms with E-state index < -0.39 is 0 Å². The smallest absolute Gasteiger partial charge is 0.226 e. The number of hydrogen-bond acceptors (Lipinski definition) is 2. The van der Waals surface area contributed by atoms with E-state index in [1.807, 2.05) is 37.3 Å². The zero-order valence-corrected chi connectivity index (χ0v) is 11.6. The molecule has 102 valence electrons. The predicted molar refractivity (Wildman–Crippen MR) is 74.7 cm³/mol. The van der Waals surface area contributed by atoms with Gasteiger partial charge in [-0.2, -0.15) is 0 Å². The van der Waals surface area contributed by atoms with Gasteiger partial charge in [0.1, 0.15) is 0 Å². The highest BCUT2D eigenvalue weighted by Gasteiger charge is 2.33. The number of rotatable bonds is 4. The Hall–Kier alpha value is -1.64. The lowest BCUT2D eigenvalue weighted by Crippen LogP contribution is -2.42. The largest absolute Gasteiger partial charge is 0.332 e. The number of carbonyl (C=O) groups excluding carboxylic acids is 2. The third-order valence-electron chi connectivity index (χ3n) is 3.81. The van der Waals surface area contributed by atoms with E-state index in [1.54, 1.807) is 11.8 Å². The Labute approximate surface area is 114 Å². The number of amides is 1. The quantitative estimate of drug-likeness (QED) is 0.833. The Morgan fingerprint density at radius 3 is 2.63 bits per heavy atom. The maximum absolute atomic E-state index is 12.4. The van der Waals surface area contributed by atoms with Gasteiger partial charge in [-0.05, 0) is 31.7 Å². The minimum absolute atomic E-state index is 0.0673. The Morgan fingerprint density at radius 2 is 2.00 bits per heavy atom. The van der Waals surface area contributed by atoms with Gasteiger partial charge >= 0.3 is 0 Å². The van der Waals surface area contributed by atoms with Gasteiger partial charge in [-0.1, -0.05) is 37.3 Å². The SMILES string of the molecule is CC(=O)C1CCCN1C(=O)C(C)Cc1ccccc1. The summed E-state index contributed by atoms with van der Waals surface area (Å²) >= 11 is 0. The second-order valence-electron chi connectivity index (χ2n) is 5.39. The van der Waals surface area contributed by atoms with Crippen molar-refractivity contribution in [3.8, 4) is 0 Å². The summed E-state index contributed by atoms with van der Waals surface area (Å²) < 4.78 is 0. The monoisotopic (exact) mass is 259 g/mol. The first kappa shape index (κ1) is 13.8. The van der Waals surface area contributed by atoms with E-state index in [4.69, 9.17) is 0 Å². The summed E-state index contributed by atoms with van der Waals surface area (Å²) in [5.41, 5.74) is 1.17. The molecular weight excluding hydrogens is 238 g/mol. The van der Waals surface area contributed by atoms with Crippen molar-refractivity contribution in [3.63, 3.8) is 0 Å². The molecule has 1 aromatic carbocycles. The molecule has 3 heteroatoms. The number of ketones is 1. The second kappa shape index (κ2) is 6.00. The van der Waals surface area contributed by atoms with Crippen molar-refractivity contribution in [2.45, 2.75) is 39.2 Å². The number of Topliss-reactive ketones (excluding diaryl/α,β-unsaturated/α-hetero) is 1. The van der Waals surface area contributed by atoms with E-state index in [2.05, 4.69) is 0 Å². The number of carbonyl (C=O) groups is 2. The predicted octanol–water partition coefficient (Wildman–Crippen LogP) is 2.45. The average molecular weight is 259 g/mol. The lowest BCUT2D eigenvalue weighted by molar-refractivity contribution is -0.139. The molecule has 0 aliphatic carbocycles. The van der Waals surface area contributed by atoms with E-state index >= 15 is 0 Å². The van der Waals surface area contributed by atoms with Gasteiger partial charge in [-0.3, -0.25) is 9.59 Å². The van der Waals surface area contributed by atoms with Gasteiger partial charge < -0.3 is 4.90 Å². The van der Waals surface area contributed by atoms with Crippen LogP contribution in [0.4, 0.5) is 0 Å². The van der Waals surface area contributed by atoms with Crippen LogP contribution in [0.15, 0.2) is 30.3 Å². The van der Waals surface area contributed by atoms with E-state index in [0.717, 1.165) is 25.8 Å². The van der Waals surface area contributed by atoms with Crippen LogP contribution in [0, 0.1) is 5.92 Å². The second-order valence-corrected chi connectivity index (χ2v) is 5.39.